The van der Waals surface area contributed by atoms with E-state index in [-0.39, 0.29) is 22.9 Å². The second kappa shape index (κ2) is 7.28. The molecular formula is C21H23BrN2O3S. The van der Waals surface area contributed by atoms with Crippen LogP contribution in [0.3, 0.4) is 0 Å². The van der Waals surface area contributed by atoms with Crippen LogP contribution in [-0.2, 0) is 27.7 Å². The van der Waals surface area contributed by atoms with Gasteiger partial charge < -0.3 is 4.90 Å². The molecule has 1 heterocycles. The molecule has 1 aliphatic heterocycles. The molecule has 2 aromatic rings. The quantitative estimate of drug-likeness (QED) is 0.746. The molecule has 0 saturated carbocycles. The number of nitrogens with one attached hydrogen (secondary N) is 1. The van der Waals surface area contributed by atoms with Crippen LogP contribution in [0, 0.1) is 0 Å². The number of rotatable bonds is 3. The second-order valence-corrected chi connectivity index (χ2v) is 10.2. The minimum absolute atomic E-state index is 0.0637. The molecule has 4 rings (SSSR count). The molecule has 0 bridgehead atoms. The molecule has 0 unspecified atom stereocenters. The van der Waals surface area contributed by atoms with Gasteiger partial charge in [-0.25, -0.2) is 13.1 Å². The Morgan fingerprint density at radius 1 is 1.21 bits per heavy atom. The third-order valence-electron chi connectivity index (χ3n) is 5.61. The van der Waals surface area contributed by atoms with Crippen molar-refractivity contribution in [1.82, 2.24) is 4.72 Å². The van der Waals surface area contributed by atoms with Gasteiger partial charge in [0.2, 0.25) is 15.9 Å². The lowest BCUT2D eigenvalue weighted by Crippen LogP contribution is -2.36. The van der Waals surface area contributed by atoms with Crippen LogP contribution in [0.4, 0.5) is 5.69 Å². The molecular weight excluding hydrogens is 440 g/mol. The van der Waals surface area contributed by atoms with E-state index in [2.05, 4.69) is 26.7 Å². The number of halogens is 1. The van der Waals surface area contributed by atoms with Crippen LogP contribution < -0.4 is 9.62 Å². The monoisotopic (exact) mass is 462 g/mol. The maximum atomic E-state index is 13.4. The number of hydrogen-bond acceptors (Lipinski definition) is 3. The van der Waals surface area contributed by atoms with E-state index in [0.29, 0.717) is 16.6 Å². The summed E-state index contributed by atoms with van der Waals surface area (Å²) < 4.78 is 30.5. The van der Waals surface area contributed by atoms with E-state index in [0.717, 1.165) is 30.4 Å². The fourth-order valence-electron chi connectivity index (χ4n) is 4.49. The number of carbonyl (C=O) groups excluding carboxylic acids is 1. The molecule has 0 fully saturated rings. The number of aryl methyl sites for hydroxylation is 1. The topological polar surface area (TPSA) is 66.5 Å². The first kappa shape index (κ1) is 19.6. The summed E-state index contributed by atoms with van der Waals surface area (Å²) in [5, 5.41) is 0. The molecule has 28 heavy (non-hydrogen) atoms. The summed E-state index contributed by atoms with van der Waals surface area (Å²) in [5.74, 6) is -0.145. The van der Waals surface area contributed by atoms with Gasteiger partial charge in [-0.05, 0) is 61.4 Å². The summed E-state index contributed by atoms with van der Waals surface area (Å²) in [6, 6.07) is 11.2. The zero-order chi connectivity index (χ0) is 20.1. The Balaban J connectivity index is 1.77. The first-order valence-electron chi connectivity index (χ1n) is 9.50. The van der Waals surface area contributed by atoms with Crippen LogP contribution in [-0.4, -0.2) is 20.4 Å². The average molecular weight is 463 g/mol. The lowest BCUT2D eigenvalue weighted by molar-refractivity contribution is -0.116. The van der Waals surface area contributed by atoms with Gasteiger partial charge in [-0.1, -0.05) is 40.2 Å². The predicted octanol–water partition coefficient (Wildman–Crippen LogP) is 4.10. The van der Waals surface area contributed by atoms with Gasteiger partial charge in [0.15, 0.2) is 0 Å². The molecule has 148 valence electrons. The van der Waals surface area contributed by atoms with Crippen molar-refractivity contribution in [3.05, 3.63) is 57.6 Å². The summed E-state index contributed by atoms with van der Waals surface area (Å²) in [5.41, 5.74) is 3.63. The van der Waals surface area contributed by atoms with Gasteiger partial charge in [0.05, 0.1) is 5.69 Å². The zero-order valence-corrected chi connectivity index (χ0v) is 18.3. The highest BCUT2D eigenvalue weighted by Gasteiger charge is 2.36. The molecule has 0 aromatic heterocycles. The summed E-state index contributed by atoms with van der Waals surface area (Å²) >= 11 is 3.44. The zero-order valence-electron chi connectivity index (χ0n) is 15.9. The van der Waals surface area contributed by atoms with E-state index in [9.17, 15) is 13.2 Å². The van der Waals surface area contributed by atoms with Crippen molar-refractivity contribution in [3.63, 3.8) is 0 Å². The first-order valence-corrected chi connectivity index (χ1v) is 11.8. The smallest absolute Gasteiger partial charge is 0.243 e. The van der Waals surface area contributed by atoms with Crippen LogP contribution in [0.5, 0.6) is 0 Å². The maximum Gasteiger partial charge on any atom is 0.243 e. The van der Waals surface area contributed by atoms with Crippen LogP contribution >= 0.6 is 15.9 Å². The van der Waals surface area contributed by atoms with Gasteiger partial charge >= 0.3 is 0 Å². The standard InChI is InChI=1S/C21H23BrN2O3S/c1-13-10-16-11-17(22)12-20(21(16)24(13)14(2)25)28(26,27)23-19-9-5-7-15-6-3-4-8-18(15)19/h3-4,6,8,11-13,19,23H,5,7,9-10H2,1-2H3/t13-,19+/m0/s1. The van der Waals surface area contributed by atoms with Gasteiger partial charge in [0, 0.05) is 23.5 Å². The molecule has 1 amide bonds. The number of nitrogens with zero attached hydrogens (tertiary/aromatic N) is 1. The molecule has 1 aliphatic carbocycles. The minimum atomic E-state index is -3.81. The van der Waals surface area contributed by atoms with Gasteiger partial charge in [-0.15, -0.1) is 0 Å². The number of benzene rings is 2. The maximum absolute atomic E-state index is 13.4. The van der Waals surface area contributed by atoms with Gasteiger partial charge in [-0.3, -0.25) is 4.79 Å². The molecule has 0 radical (unpaired) electrons. The van der Waals surface area contributed by atoms with Gasteiger partial charge in [-0.2, -0.15) is 0 Å². The Morgan fingerprint density at radius 2 is 1.96 bits per heavy atom. The molecule has 5 nitrogen and oxygen atoms in total. The lowest BCUT2D eigenvalue weighted by Gasteiger charge is -2.28. The first-order chi connectivity index (χ1) is 13.3. The van der Waals surface area contributed by atoms with Crippen LogP contribution in [0.15, 0.2) is 45.8 Å². The second-order valence-electron chi connectivity index (χ2n) is 7.62. The van der Waals surface area contributed by atoms with Crippen LogP contribution in [0.2, 0.25) is 0 Å². The lowest BCUT2D eigenvalue weighted by atomic mass is 9.88. The average Bonchev–Trinajstić information content (AvgIpc) is 2.96. The van der Waals surface area contributed by atoms with Crippen molar-refractivity contribution in [1.29, 1.82) is 0 Å². The Labute approximate surface area is 174 Å². The van der Waals surface area contributed by atoms with Crippen molar-refractivity contribution >= 4 is 37.5 Å². The Bertz CT molecular complexity index is 1050. The highest BCUT2D eigenvalue weighted by atomic mass is 79.9. The fourth-order valence-corrected chi connectivity index (χ4v) is 6.66. The number of fused-ring (bicyclic) bond motifs is 2. The molecule has 2 aromatic carbocycles. The summed E-state index contributed by atoms with van der Waals surface area (Å²) in [4.78, 5) is 14.0. The Morgan fingerprint density at radius 3 is 2.71 bits per heavy atom. The SMILES string of the molecule is CC(=O)N1c2c(cc(Br)cc2S(=O)(=O)N[C@@H]2CCCc3ccccc32)C[C@@H]1C. The third kappa shape index (κ3) is 3.40. The molecule has 0 saturated heterocycles. The van der Waals surface area contributed by atoms with E-state index in [1.807, 2.05) is 31.2 Å². The molecule has 0 spiro atoms. The molecule has 7 heteroatoms. The Kier molecular flexibility index (Phi) is 5.10. The van der Waals surface area contributed by atoms with Crippen molar-refractivity contribution in [3.8, 4) is 0 Å². The molecule has 2 atom stereocenters. The van der Waals surface area contributed by atoms with E-state index in [4.69, 9.17) is 0 Å². The van der Waals surface area contributed by atoms with E-state index >= 15 is 0 Å². The molecule has 2 aliphatic rings. The van der Waals surface area contributed by atoms with E-state index in [1.54, 1.807) is 11.0 Å². The van der Waals surface area contributed by atoms with Crippen molar-refractivity contribution in [2.45, 2.75) is 56.5 Å². The highest BCUT2D eigenvalue weighted by molar-refractivity contribution is 9.10. The summed E-state index contributed by atoms with van der Waals surface area (Å²) in [6.45, 7) is 3.42. The number of sulfonamides is 1. The number of amides is 1. The Hall–Kier alpha value is -1.70. The van der Waals surface area contributed by atoms with Crippen LogP contribution in [0.25, 0.3) is 0 Å². The fraction of sp³-hybridized carbons (Fsp3) is 0.381. The summed E-state index contributed by atoms with van der Waals surface area (Å²) in [6.07, 6.45) is 3.32. The largest absolute Gasteiger partial charge is 0.308 e. The van der Waals surface area contributed by atoms with Gasteiger partial charge in [0.25, 0.3) is 0 Å². The van der Waals surface area contributed by atoms with Crippen molar-refractivity contribution < 1.29 is 13.2 Å². The van der Waals surface area contributed by atoms with Crippen molar-refractivity contribution in [2.75, 3.05) is 4.90 Å². The minimum Gasteiger partial charge on any atom is -0.308 e. The van der Waals surface area contributed by atoms with E-state index < -0.39 is 10.0 Å². The summed E-state index contributed by atoms with van der Waals surface area (Å²) in [7, 11) is -3.81. The number of carbonyl (C=O) groups is 1. The van der Waals surface area contributed by atoms with Gasteiger partial charge in [0.1, 0.15) is 4.90 Å². The predicted molar refractivity (Wildman–Crippen MR) is 113 cm³/mol. The van der Waals surface area contributed by atoms with E-state index in [1.165, 1.54) is 12.5 Å². The highest BCUT2D eigenvalue weighted by Crippen LogP contribution is 2.41. The third-order valence-corrected chi connectivity index (χ3v) is 7.55. The van der Waals surface area contributed by atoms with Crippen molar-refractivity contribution in [2.24, 2.45) is 0 Å². The normalized spacial score (nSPS) is 21.3. The molecule has 1 N–H and O–H groups in total. The number of anilines is 1. The number of hydrogen-bond donors (Lipinski definition) is 1. The van der Waals surface area contributed by atoms with Crippen LogP contribution in [0.1, 0.15) is 49.4 Å².